The predicted molar refractivity (Wildman–Crippen MR) is 135 cm³/mol. The Labute approximate surface area is 196 Å². The summed E-state index contributed by atoms with van der Waals surface area (Å²) in [6.45, 7) is 2.63. The van der Waals surface area contributed by atoms with Gasteiger partial charge in [0.25, 0.3) is 5.91 Å². The first-order chi connectivity index (χ1) is 16.2. The number of nitrogens with two attached hydrogens (primary N) is 1. The van der Waals surface area contributed by atoms with Crippen molar-refractivity contribution in [3.8, 4) is 5.69 Å². The van der Waals surface area contributed by atoms with E-state index in [1.165, 1.54) is 5.56 Å². The molecule has 166 valence electrons. The molecule has 2 aromatic carbocycles. The quantitative estimate of drug-likeness (QED) is 0.340. The Hall–Kier alpha value is -3.71. The first-order valence-corrected chi connectivity index (χ1v) is 12.0. The molecule has 0 atom stereocenters. The smallest absolute Gasteiger partial charge is 0.257 e. The number of amides is 1. The van der Waals surface area contributed by atoms with Gasteiger partial charge in [0.05, 0.1) is 17.6 Å². The Kier molecular flexibility index (Phi) is 5.79. The van der Waals surface area contributed by atoms with E-state index in [-0.39, 0.29) is 5.91 Å². The summed E-state index contributed by atoms with van der Waals surface area (Å²) in [5.74, 6) is 0.0825. The summed E-state index contributed by atoms with van der Waals surface area (Å²) in [4.78, 5) is 24.0. The number of thiophene rings is 1. The lowest BCUT2D eigenvalue weighted by atomic mass is 10.1. The molecule has 0 aliphatic heterocycles. The summed E-state index contributed by atoms with van der Waals surface area (Å²) in [6, 6.07) is 19.9. The van der Waals surface area contributed by atoms with E-state index in [1.807, 2.05) is 58.5 Å². The van der Waals surface area contributed by atoms with Crippen molar-refractivity contribution in [2.24, 2.45) is 0 Å². The standard InChI is InChI=1S/C26H25N5OS/c1-2-3-7-17-11-13-18(14-12-17)31-24(27)22(26(32)28-16-19-8-6-15-33-19)23-25(31)30-21-10-5-4-9-20(21)29-23/h4-6,8-15H,2-3,7,16,27H2,1H3,(H,28,32). The molecule has 33 heavy (non-hydrogen) atoms. The van der Waals surface area contributed by atoms with Crippen LogP contribution < -0.4 is 11.1 Å². The monoisotopic (exact) mass is 455 g/mol. The molecule has 3 heterocycles. The molecule has 0 unspecified atom stereocenters. The number of hydrogen-bond donors (Lipinski definition) is 2. The molecule has 1 amide bonds. The number of unbranched alkanes of at least 4 members (excludes halogenated alkanes) is 1. The van der Waals surface area contributed by atoms with Gasteiger partial charge in [-0.1, -0.05) is 43.7 Å². The van der Waals surface area contributed by atoms with E-state index in [9.17, 15) is 4.79 Å². The van der Waals surface area contributed by atoms with E-state index in [0.717, 1.165) is 40.9 Å². The summed E-state index contributed by atoms with van der Waals surface area (Å²) in [6.07, 6.45) is 3.35. The molecule has 3 N–H and O–H groups in total. The van der Waals surface area contributed by atoms with Crippen molar-refractivity contribution in [3.05, 3.63) is 82.0 Å². The molecule has 0 saturated carbocycles. The lowest BCUT2D eigenvalue weighted by Gasteiger charge is -2.09. The average molecular weight is 456 g/mol. The molecule has 0 fully saturated rings. The van der Waals surface area contributed by atoms with Gasteiger partial charge in [-0.3, -0.25) is 9.36 Å². The Bertz CT molecular complexity index is 1420. The molecule has 0 saturated heterocycles. The van der Waals surface area contributed by atoms with Crippen LogP contribution in [0.5, 0.6) is 0 Å². The Balaban J connectivity index is 1.62. The number of para-hydroxylation sites is 2. The van der Waals surface area contributed by atoms with Gasteiger partial charge < -0.3 is 11.1 Å². The second-order valence-corrected chi connectivity index (χ2v) is 9.04. The minimum atomic E-state index is -0.256. The van der Waals surface area contributed by atoms with Gasteiger partial charge >= 0.3 is 0 Å². The summed E-state index contributed by atoms with van der Waals surface area (Å²) >= 11 is 1.60. The number of nitrogens with zero attached hydrogens (tertiary/aromatic N) is 3. The zero-order chi connectivity index (χ0) is 22.8. The molecule has 5 rings (SSSR count). The predicted octanol–water partition coefficient (Wildman–Crippen LogP) is 5.49. The van der Waals surface area contributed by atoms with Crippen LogP contribution in [0.2, 0.25) is 0 Å². The van der Waals surface area contributed by atoms with Gasteiger partial charge in [0.15, 0.2) is 5.65 Å². The third-order valence-corrected chi connectivity index (χ3v) is 6.62. The molecular weight excluding hydrogens is 430 g/mol. The first-order valence-electron chi connectivity index (χ1n) is 11.1. The molecule has 0 radical (unpaired) electrons. The van der Waals surface area contributed by atoms with Crippen LogP contribution in [0.4, 0.5) is 5.82 Å². The van der Waals surface area contributed by atoms with E-state index >= 15 is 0 Å². The van der Waals surface area contributed by atoms with Gasteiger partial charge in [0.2, 0.25) is 0 Å². The van der Waals surface area contributed by atoms with Crippen molar-refractivity contribution in [1.29, 1.82) is 0 Å². The maximum atomic E-state index is 13.3. The van der Waals surface area contributed by atoms with Crippen LogP contribution in [0.15, 0.2) is 66.0 Å². The fourth-order valence-corrected chi connectivity index (χ4v) is 4.65. The fraction of sp³-hybridized carbons (Fsp3) is 0.192. The van der Waals surface area contributed by atoms with Gasteiger partial charge in [-0.15, -0.1) is 11.3 Å². The van der Waals surface area contributed by atoms with Crippen molar-refractivity contribution < 1.29 is 4.79 Å². The molecule has 3 aromatic heterocycles. The third kappa shape index (κ3) is 4.07. The normalized spacial score (nSPS) is 11.3. The Morgan fingerprint density at radius 2 is 1.79 bits per heavy atom. The number of carbonyl (C=O) groups excluding carboxylic acids is 1. The van der Waals surface area contributed by atoms with Crippen molar-refractivity contribution >= 4 is 45.3 Å². The lowest BCUT2D eigenvalue weighted by molar-refractivity contribution is 0.0953. The second kappa shape index (κ2) is 9.03. The zero-order valence-corrected chi connectivity index (χ0v) is 19.2. The van der Waals surface area contributed by atoms with Crippen molar-refractivity contribution in [3.63, 3.8) is 0 Å². The molecule has 5 aromatic rings. The number of benzene rings is 2. The third-order valence-electron chi connectivity index (χ3n) is 5.74. The van der Waals surface area contributed by atoms with Crippen LogP contribution in [0.1, 0.15) is 40.6 Å². The molecule has 0 spiro atoms. The molecule has 0 bridgehead atoms. The van der Waals surface area contributed by atoms with Crippen molar-refractivity contribution in [1.82, 2.24) is 19.9 Å². The second-order valence-electron chi connectivity index (χ2n) is 8.01. The lowest BCUT2D eigenvalue weighted by Crippen LogP contribution is -2.23. The Morgan fingerprint density at radius 3 is 2.48 bits per heavy atom. The van der Waals surface area contributed by atoms with Gasteiger partial charge in [-0.25, -0.2) is 9.97 Å². The molecule has 6 nitrogen and oxygen atoms in total. The van der Waals surface area contributed by atoms with Crippen LogP contribution in [0, 0.1) is 0 Å². The Morgan fingerprint density at radius 1 is 1.03 bits per heavy atom. The largest absolute Gasteiger partial charge is 0.384 e. The highest BCUT2D eigenvalue weighted by Gasteiger charge is 2.24. The van der Waals surface area contributed by atoms with Crippen LogP contribution in [0.25, 0.3) is 27.9 Å². The topological polar surface area (TPSA) is 85.8 Å². The zero-order valence-electron chi connectivity index (χ0n) is 18.4. The minimum Gasteiger partial charge on any atom is -0.384 e. The van der Waals surface area contributed by atoms with Crippen LogP contribution in [0.3, 0.4) is 0 Å². The fourth-order valence-electron chi connectivity index (χ4n) is 4.01. The summed E-state index contributed by atoms with van der Waals surface area (Å²) in [7, 11) is 0. The maximum absolute atomic E-state index is 13.3. The highest BCUT2D eigenvalue weighted by Crippen LogP contribution is 2.31. The average Bonchev–Trinajstić information content (AvgIpc) is 3.45. The highest BCUT2D eigenvalue weighted by molar-refractivity contribution is 7.09. The number of hydrogen-bond acceptors (Lipinski definition) is 5. The number of carbonyl (C=O) groups is 1. The van der Waals surface area contributed by atoms with Gasteiger partial charge in [0, 0.05) is 10.6 Å². The van der Waals surface area contributed by atoms with Crippen LogP contribution >= 0.6 is 11.3 Å². The highest BCUT2D eigenvalue weighted by atomic mass is 32.1. The first kappa shape index (κ1) is 21.2. The number of anilines is 1. The summed E-state index contributed by atoms with van der Waals surface area (Å²) in [5, 5.41) is 4.98. The van der Waals surface area contributed by atoms with E-state index in [1.54, 1.807) is 11.3 Å². The minimum absolute atomic E-state index is 0.256. The van der Waals surface area contributed by atoms with E-state index < -0.39 is 0 Å². The molecule has 0 aliphatic carbocycles. The van der Waals surface area contributed by atoms with Gasteiger partial charge in [0.1, 0.15) is 16.9 Å². The van der Waals surface area contributed by atoms with Gasteiger partial charge in [-0.05, 0) is 54.1 Å². The number of aromatic nitrogens is 3. The van der Waals surface area contributed by atoms with E-state index in [2.05, 4.69) is 24.4 Å². The summed E-state index contributed by atoms with van der Waals surface area (Å²) < 4.78 is 1.83. The van der Waals surface area contributed by atoms with Crippen molar-refractivity contribution in [2.45, 2.75) is 32.7 Å². The number of rotatable bonds is 7. The number of nitrogens with one attached hydrogen (secondary N) is 1. The number of fused-ring (bicyclic) bond motifs is 2. The molecular formula is C26H25N5OS. The van der Waals surface area contributed by atoms with E-state index in [4.69, 9.17) is 15.7 Å². The number of nitrogen functional groups attached to an aromatic ring is 1. The van der Waals surface area contributed by atoms with E-state index in [0.29, 0.717) is 29.1 Å². The summed E-state index contributed by atoms with van der Waals surface area (Å²) in [5.41, 5.74) is 11.7. The van der Waals surface area contributed by atoms with Crippen molar-refractivity contribution in [2.75, 3.05) is 5.73 Å². The van der Waals surface area contributed by atoms with Crippen LogP contribution in [-0.4, -0.2) is 20.4 Å². The maximum Gasteiger partial charge on any atom is 0.257 e. The van der Waals surface area contributed by atoms with Gasteiger partial charge in [-0.2, -0.15) is 0 Å². The molecule has 7 heteroatoms. The van der Waals surface area contributed by atoms with Crippen LogP contribution in [-0.2, 0) is 13.0 Å². The molecule has 0 aliphatic rings. The SMILES string of the molecule is CCCCc1ccc(-n2c(N)c(C(=O)NCc3cccs3)c3nc4ccccc4nc32)cc1. The number of aryl methyl sites for hydroxylation is 1.